The number of carbonyl (C=O) groups is 2. The molecule has 13 heavy (non-hydrogen) atoms. The summed E-state index contributed by atoms with van der Waals surface area (Å²) in [7, 11) is 1.63. The molecule has 5 heteroatoms. The molecule has 0 spiro atoms. The maximum absolute atomic E-state index is 11.4. The van der Waals surface area contributed by atoms with Gasteiger partial charge < -0.3 is 15.5 Å². The highest BCUT2D eigenvalue weighted by atomic mass is 16.2. The number of amides is 2. The molecule has 0 aromatic carbocycles. The Morgan fingerprint density at radius 3 is 2.54 bits per heavy atom. The average molecular weight is 185 g/mol. The van der Waals surface area contributed by atoms with Crippen LogP contribution in [0.4, 0.5) is 0 Å². The van der Waals surface area contributed by atoms with E-state index in [9.17, 15) is 9.59 Å². The highest BCUT2D eigenvalue weighted by molar-refractivity contribution is 5.92. The number of carbonyl (C=O) groups excluding carboxylic acids is 2. The predicted octanol–water partition coefficient (Wildman–Crippen LogP) is -1.37. The Morgan fingerprint density at radius 2 is 2.00 bits per heavy atom. The summed E-state index contributed by atoms with van der Waals surface area (Å²) in [5.74, 6) is -0.0559. The lowest BCUT2D eigenvalue weighted by molar-refractivity contribution is -0.148. The summed E-state index contributed by atoms with van der Waals surface area (Å²) >= 11 is 0. The minimum Gasteiger partial charge on any atom is -0.335 e. The van der Waals surface area contributed by atoms with Gasteiger partial charge in [-0.2, -0.15) is 0 Å². The van der Waals surface area contributed by atoms with Crippen molar-refractivity contribution in [3.8, 4) is 0 Å². The molecule has 2 amide bonds. The van der Waals surface area contributed by atoms with Gasteiger partial charge in [0.15, 0.2) is 0 Å². The first-order chi connectivity index (χ1) is 6.00. The predicted molar refractivity (Wildman–Crippen MR) is 47.9 cm³/mol. The number of likely N-dealkylation sites (N-methyl/N-ethyl adjacent to an activating group) is 1. The van der Waals surface area contributed by atoms with Gasteiger partial charge in [-0.15, -0.1) is 0 Å². The minimum absolute atomic E-state index is 0.0275. The summed E-state index contributed by atoms with van der Waals surface area (Å²) in [5, 5.41) is 0. The van der Waals surface area contributed by atoms with Gasteiger partial charge in [-0.25, -0.2) is 0 Å². The first kappa shape index (κ1) is 9.98. The summed E-state index contributed by atoms with van der Waals surface area (Å²) in [4.78, 5) is 25.5. The lowest BCUT2D eigenvalue weighted by Gasteiger charge is -2.32. The fraction of sp³-hybridized carbons (Fsp3) is 0.750. The first-order valence-electron chi connectivity index (χ1n) is 4.28. The molecule has 0 radical (unpaired) electrons. The average Bonchev–Trinajstić information content (AvgIpc) is 1.99. The molecule has 1 fully saturated rings. The zero-order valence-electron chi connectivity index (χ0n) is 7.99. The molecule has 1 atom stereocenters. The smallest absolute Gasteiger partial charge is 0.242 e. The largest absolute Gasteiger partial charge is 0.335 e. The van der Waals surface area contributed by atoms with Gasteiger partial charge in [0.25, 0.3) is 0 Å². The molecular formula is C8H15N3O2. The molecule has 1 aliphatic rings. The first-order valence-corrected chi connectivity index (χ1v) is 4.28. The third kappa shape index (κ3) is 2.42. The zero-order chi connectivity index (χ0) is 10.0. The molecule has 2 N–H and O–H groups in total. The van der Waals surface area contributed by atoms with Gasteiger partial charge in [-0.1, -0.05) is 0 Å². The normalized spacial score (nSPS) is 20.8. The fourth-order valence-corrected chi connectivity index (χ4v) is 1.28. The third-order valence-electron chi connectivity index (χ3n) is 1.99. The van der Waals surface area contributed by atoms with Crippen LogP contribution in [0.2, 0.25) is 0 Å². The number of nitrogens with zero attached hydrogens (tertiary/aromatic N) is 2. The molecule has 0 saturated carbocycles. The van der Waals surface area contributed by atoms with Crippen LogP contribution >= 0.6 is 0 Å². The van der Waals surface area contributed by atoms with Crippen molar-refractivity contribution in [3.63, 3.8) is 0 Å². The standard InChI is InChI=1S/C8H15N3O2/c1-6(9)3-11-5-7(12)10(2)4-8(11)13/h6H,3-5,9H2,1-2H3/t6-/m0/s1. The monoisotopic (exact) mass is 185 g/mol. The van der Waals surface area contributed by atoms with Crippen LogP contribution in [0.25, 0.3) is 0 Å². The second-order valence-corrected chi connectivity index (χ2v) is 3.50. The quantitative estimate of drug-likeness (QED) is 0.577. The molecular weight excluding hydrogens is 170 g/mol. The van der Waals surface area contributed by atoms with Gasteiger partial charge in [0.1, 0.15) is 0 Å². The van der Waals surface area contributed by atoms with E-state index in [1.54, 1.807) is 7.05 Å². The number of piperazine rings is 1. The van der Waals surface area contributed by atoms with Gasteiger partial charge in [-0.05, 0) is 6.92 Å². The molecule has 0 aromatic rings. The van der Waals surface area contributed by atoms with E-state index in [2.05, 4.69) is 0 Å². The molecule has 0 bridgehead atoms. The van der Waals surface area contributed by atoms with Crippen molar-refractivity contribution >= 4 is 11.8 Å². The Hall–Kier alpha value is -1.10. The molecule has 5 nitrogen and oxygen atoms in total. The molecule has 0 aliphatic carbocycles. The van der Waals surface area contributed by atoms with Crippen LogP contribution < -0.4 is 5.73 Å². The number of rotatable bonds is 2. The van der Waals surface area contributed by atoms with Crippen molar-refractivity contribution in [3.05, 3.63) is 0 Å². The zero-order valence-corrected chi connectivity index (χ0v) is 7.99. The molecule has 1 heterocycles. The van der Waals surface area contributed by atoms with Crippen molar-refractivity contribution < 1.29 is 9.59 Å². The lowest BCUT2D eigenvalue weighted by atomic mass is 10.2. The van der Waals surface area contributed by atoms with Crippen LogP contribution in [-0.4, -0.2) is 54.3 Å². The van der Waals surface area contributed by atoms with Crippen molar-refractivity contribution in [2.75, 3.05) is 26.7 Å². The molecule has 74 valence electrons. The topological polar surface area (TPSA) is 66.6 Å². The van der Waals surface area contributed by atoms with Crippen LogP contribution in [0.1, 0.15) is 6.92 Å². The van der Waals surface area contributed by atoms with Gasteiger partial charge >= 0.3 is 0 Å². The SMILES string of the molecule is C[C@H](N)CN1CC(=O)N(C)CC1=O. The third-order valence-corrected chi connectivity index (χ3v) is 1.99. The van der Waals surface area contributed by atoms with E-state index in [1.807, 2.05) is 6.92 Å². The Kier molecular flexibility index (Phi) is 2.87. The lowest BCUT2D eigenvalue weighted by Crippen LogP contribution is -2.54. The van der Waals surface area contributed by atoms with Crippen LogP contribution in [0.3, 0.4) is 0 Å². The Labute approximate surface area is 77.5 Å². The van der Waals surface area contributed by atoms with Crippen molar-refractivity contribution in [2.45, 2.75) is 13.0 Å². The van der Waals surface area contributed by atoms with Gasteiger partial charge in [-0.3, -0.25) is 9.59 Å². The second-order valence-electron chi connectivity index (χ2n) is 3.50. The van der Waals surface area contributed by atoms with Crippen LogP contribution in [0, 0.1) is 0 Å². The highest BCUT2D eigenvalue weighted by Crippen LogP contribution is 2.02. The van der Waals surface area contributed by atoms with E-state index in [4.69, 9.17) is 5.73 Å². The van der Waals surface area contributed by atoms with Crippen molar-refractivity contribution in [1.29, 1.82) is 0 Å². The molecule has 0 unspecified atom stereocenters. The number of nitrogens with two attached hydrogens (primary N) is 1. The number of hydrogen-bond acceptors (Lipinski definition) is 3. The van der Waals surface area contributed by atoms with Crippen molar-refractivity contribution in [2.24, 2.45) is 5.73 Å². The van der Waals surface area contributed by atoms with Gasteiger partial charge in [0, 0.05) is 19.6 Å². The summed E-state index contributed by atoms with van der Waals surface area (Å²) in [6.07, 6.45) is 0. The van der Waals surface area contributed by atoms with E-state index in [0.29, 0.717) is 6.54 Å². The number of hydrogen-bond donors (Lipinski definition) is 1. The van der Waals surface area contributed by atoms with E-state index in [0.717, 1.165) is 0 Å². The van der Waals surface area contributed by atoms with Crippen LogP contribution in [0.15, 0.2) is 0 Å². The summed E-state index contributed by atoms with van der Waals surface area (Å²) in [5.41, 5.74) is 5.55. The van der Waals surface area contributed by atoms with E-state index in [1.165, 1.54) is 9.80 Å². The molecule has 0 aromatic heterocycles. The van der Waals surface area contributed by atoms with Gasteiger partial charge in [0.05, 0.1) is 13.1 Å². The minimum atomic E-state index is -0.0832. The van der Waals surface area contributed by atoms with E-state index in [-0.39, 0.29) is 30.9 Å². The summed E-state index contributed by atoms with van der Waals surface area (Å²) in [6, 6.07) is -0.0832. The van der Waals surface area contributed by atoms with Gasteiger partial charge in [0.2, 0.25) is 11.8 Å². The van der Waals surface area contributed by atoms with Crippen LogP contribution in [0.5, 0.6) is 0 Å². The van der Waals surface area contributed by atoms with Crippen LogP contribution in [-0.2, 0) is 9.59 Å². The Bertz CT molecular complexity index is 227. The Morgan fingerprint density at radius 1 is 1.38 bits per heavy atom. The van der Waals surface area contributed by atoms with E-state index < -0.39 is 0 Å². The maximum atomic E-state index is 11.4. The fourth-order valence-electron chi connectivity index (χ4n) is 1.28. The second kappa shape index (κ2) is 3.74. The molecule has 1 saturated heterocycles. The summed E-state index contributed by atoms with van der Waals surface area (Å²) in [6.45, 7) is 2.61. The molecule has 1 aliphatic heterocycles. The maximum Gasteiger partial charge on any atom is 0.242 e. The highest BCUT2D eigenvalue weighted by Gasteiger charge is 2.27. The molecule has 1 rings (SSSR count). The Balaban J connectivity index is 2.56. The summed E-state index contributed by atoms with van der Waals surface area (Å²) < 4.78 is 0. The van der Waals surface area contributed by atoms with Crippen molar-refractivity contribution in [1.82, 2.24) is 9.80 Å². The van der Waals surface area contributed by atoms with E-state index >= 15 is 0 Å².